The average Bonchev–Trinajstić information content (AvgIpc) is 2.28. The summed E-state index contributed by atoms with van der Waals surface area (Å²) in [6, 6.07) is 0. The Labute approximate surface area is 115 Å². The molecule has 3 heteroatoms. The second-order valence-electron chi connectivity index (χ2n) is 4.97. The van der Waals surface area contributed by atoms with Crippen molar-refractivity contribution in [2.45, 2.75) is 26.7 Å². The van der Waals surface area contributed by atoms with Crippen molar-refractivity contribution in [3.05, 3.63) is 47.3 Å². The standard InChI is InChI=1S/C15H23ClN2/c1-11-7-9-18(10-8-11)12(2)5-6-15(13(3)16)14(4)17/h5-6,11H,2,4,7-10,17H2,1,3H3/b6-5-,15-13-. The highest BCUT2D eigenvalue weighted by Crippen LogP contribution is 2.21. The van der Waals surface area contributed by atoms with E-state index >= 15 is 0 Å². The van der Waals surface area contributed by atoms with Gasteiger partial charge in [0.25, 0.3) is 0 Å². The van der Waals surface area contributed by atoms with Crippen LogP contribution in [0.4, 0.5) is 0 Å². The molecule has 0 aromatic rings. The molecular formula is C15H23ClN2. The molecule has 0 atom stereocenters. The van der Waals surface area contributed by atoms with Crippen LogP contribution in [0.2, 0.25) is 0 Å². The summed E-state index contributed by atoms with van der Waals surface area (Å²) in [6.07, 6.45) is 6.32. The summed E-state index contributed by atoms with van der Waals surface area (Å²) >= 11 is 5.97. The van der Waals surface area contributed by atoms with Crippen LogP contribution in [0.15, 0.2) is 47.3 Å². The van der Waals surface area contributed by atoms with E-state index in [0.717, 1.165) is 30.3 Å². The molecular weight excluding hydrogens is 244 g/mol. The van der Waals surface area contributed by atoms with Crippen molar-refractivity contribution in [2.75, 3.05) is 13.1 Å². The lowest BCUT2D eigenvalue weighted by Gasteiger charge is -2.32. The highest BCUT2D eigenvalue weighted by molar-refractivity contribution is 6.30. The molecule has 2 nitrogen and oxygen atoms in total. The maximum atomic E-state index is 5.97. The van der Waals surface area contributed by atoms with Crippen LogP contribution in [-0.4, -0.2) is 18.0 Å². The van der Waals surface area contributed by atoms with E-state index in [1.807, 2.05) is 19.1 Å². The van der Waals surface area contributed by atoms with Crippen molar-refractivity contribution >= 4 is 11.6 Å². The van der Waals surface area contributed by atoms with Crippen LogP contribution in [0, 0.1) is 5.92 Å². The molecule has 2 N–H and O–H groups in total. The lowest BCUT2D eigenvalue weighted by Crippen LogP contribution is -2.31. The largest absolute Gasteiger partial charge is 0.399 e. The zero-order chi connectivity index (χ0) is 13.7. The van der Waals surface area contributed by atoms with Crippen LogP contribution >= 0.6 is 11.6 Å². The Bertz CT molecular complexity index is 381. The summed E-state index contributed by atoms with van der Waals surface area (Å²) in [5.74, 6) is 0.822. The van der Waals surface area contributed by atoms with Gasteiger partial charge in [0, 0.05) is 35.1 Å². The molecule has 0 unspecified atom stereocenters. The molecule has 0 amide bonds. The Morgan fingerprint density at radius 2 is 1.83 bits per heavy atom. The van der Waals surface area contributed by atoms with Crippen LogP contribution in [0.25, 0.3) is 0 Å². The molecule has 18 heavy (non-hydrogen) atoms. The van der Waals surface area contributed by atoms with Gasteiger partial charge in [-0.25, -0.2) is 0 Å². The molecule has 1 saturated heterocycles. The van der Waals surface area contributed by atoms with E-state index in [2.05, 4.69) is 25.0 Å². The first-order valence-electron chi connectivity index (χ1n) is 6.35. The molecule has 0 aliphatic carbocycles. The second kappa shape index (κ2) is 6.69. The van der Waals surface area contributed by atoms with Crippen LogP contribution in [0.5, 0.6) is 0 Å². The van der Waals surface area contributed by atoms with E-state index < -0.39 is 0 Å². The monoisotopic (exact) mass is 266 g/mol. The number of hydrogen-bond donors (Lipinski definition) is 1. The first-order valence-corrected chi connectivity index (χ1v) is 6.72. The maximum Gasteiger partial charge on any atom is 0.0326 e. The summed E-state index contributed by atoms with van der Waals surface area (Å²) in [5, 5.41) is 0.652. The summed E-state index contributed by atoms with van der Waals surface area (Å²) in [7, 11) is 0. The Morgan fingerprint density at radius 1 is 1.28 bits per heavy atom. The SMILES string of the molecule is C=C(N)C(/C=C\C(=C)N1CCC(C)CC1)=C(/C)Cl. The van der Waals surface area contributed by atoms with Gasteiger partial charge in [0.05, 0.1) is 0 Å². The van der Waals surface area contributed by atoms with Crippen LogP contribution in [0.1, 0.15) is 26.7 Å². The summed E-state index contributed by atoms with van der Waals surface area (Å²) in [4.78, 5) is 2.30. The third-order valence-corrected chi connectivity index (χ3v) is 3.55. The Balaban J connectivity index is 2.64. The van der Waals surface area contributed by atoms with E-state index in [9.17, 15) is 0 Å². The number of hydrogen-bond acceptors (Lipinski definition) is 2. The first kappa shape index (κ1) is 14.9. The van der Waals surface area contributed by atoms with Gasteiger partial charge in [-0.15, -0.1) is 0 Å². The summed E-state index contributed by atoms with van der Waals surface area (Å²) in [6.45, 7) is 14.1. The van der Waals surface area contributed by atoms with Crippen LogP contribution in [-0.2, 0) is 0 Å². The molecule has 0 bridgehead atoms. The van der Waals surface area contributed by atoms with Gasteiger partial charge in [0.2, 0.25) is 0 Å². The molecule has 1 fully saturated rings. The fourth-order valence-corrected chi connectivity index (χ4v) is 2.21. The first-order chi connectivity index (χ1) is 8.41. The number of nitrogens with two attached hydrogens (primary N) is 1. The van der Waals surface area contributed by atoms with Crippen LogP contribution in [0.3, 0.4) is 0 Å². The normalized spacial score (nSPS) is 18.9. The van der Waals surface area contributed by atoms with Gasteiger partial charge in [-0.3, -0.25) is 0 Å². The zero-order valence-electron chi connectivity index (χ0n) is 11.4. The van der Waals surface area contributed by atoms with Gasteiger partial charge in [0.1, 0.15) is 0 Å². The predicted molar refractivity (Wildman–Crippen MR) is 80.1 cm³/mol. The molecule has 1 aliphatic heterocycles. The molecule has 1 aliphatic rings. The van der Waals surface area contributed by atoms with Gasteiger partial charge in [0.15, 0.2) is 0 Å². The molecule has 1 heterocycles. The second-order valence-corrected chi connectivity index (χ2v) is 5.53. The van der Waals surface area contributed by atoms with Gasteiger partial charge in [-0.05, 0) is 37.8 Å². The minimum Gasteiger partial charge on any atom is -0.399 e. The van der Waals surface area contributed by atoms with Gasteiger partial charge >= 0.3 is 0 Å². The Kier molecular flexibility index (Phi) is 5.54. The molecule has 0 saturated carbocycles. The third-order valence-electron chi connectivity index (χ3n) is 3.35. The van der Waals surface area contributed by atoms with E-state index in [1.54, 1.807) is 0 Å². The van der Waals surface area contributed by atoms with Crippen LogP contribution < -0.4 is 5.73 Å². The van der Waals surface area contributed by atoms with Crippen molar-refractivity contribution in [3.8, 4) is 0 Å². The molecule has 0 aromatic heterocycles. The maximum absolute atomic E-state index is 5.97. The fourth-order valence-electron chi connectivity index (χ4n) is 2.02. The number of halogens is 1. The number of likely N-dealkylation sites (tertiary alicyclic amines) is 1. The van der Waals surface area contributed by atoms with Crippen molar-refractivity contribution in [2.24, 2.45) is 11.7 Å². The molecule has 0 spiro atoms. The average molecular weight is 267 g/mol. The minimum absolute atomic E-state index is 0.485. The third kappa shape index (κ3) is 4.26. The van der Waals surface area contributed by atoms with E-state index in [0.29, 0.717) is 10.7 Å². The van der Waals surface area contributed by atoms with Gasteiger partial charge < -0.3 is 10.6 Å². The highest BCUT2D eigenvalue weighted by atomic mass is 35.5. The lowest BCUT2D eigenvalue weighted by molar-refractivity contribution is 0.244. The lowest BCUT2D eigenvalue weighted by atomic mass is 9.99. The van der Waals surface area contributed by atoms with Crippen molar-refractivity contribution < 1.29 is 0 Å². The number of allylic oxidation sites excluding steroid dienone is 3. The van der Waals surface area contributed by atoms with Crippen molar-refractivity contribution in [3.63, 3.8) is 0 Å². The molecule has 100 valence electrons. The van der Waals surface area contributed by atoms with E-state index in [-0.39, 0.29) is 0 Å². The fraction of sp³-hybridized carbons (Fsp3) is 0.467. The predicted octanol–water partition coefficient (Wildman–Crippen LogP) is 3.77. The van der Waals surface area contributed by atoms with Gasteiger partial charge in [-0.1, -0.05) is 31.7 Å². The topological polar surface area (TPSA) is 29.3 Å². The van der Waals surface area contributed by atoms with E-state index in [4.69, 9.17) is 17.3 Å². The molecule has 1 rings (SSSR count). The van der Waals surface area contributed by atoms with Crippen molar-refractivity contribution in [1.29, 1.82) is 0 Å². The smallest absolute Gasteiger partial charge is 0.0326 e. The number of piperidine rings is 1. The zero-order valence-corrected chi connectivity index (χ0v) is 12.1. The minimum atomic E-state index is 0.485. The Morgan fingerprint density at radius 3 is 2.28 bits per heavy atom. The molecule has 0 aromatic carbocycles. The number of nitrogens with zero attached hydrogens (tertiary/aromatic N) is 1. The Hall–Kier alpha value is -1.15. The number of rotatable bonds is 4. The van der Waals surface area contributed by atoms with E-state index in [1.165, 1.54) is 12.8 Å². The summed E-state index contributed by atoms with van der Waals surface area (Å²) < 4.78 is 0. The quantitative estimate of drug-likeness (QED) is 0.785. The van der Waals surface area contributed by atoms with Crippen molar-refractivity contribution in [1.82, 2.24) is 4.90 Å². The van der Waals surface area contributed by atoms with Gasteiger partial charge in [-0.2, -0.15) is 0 Å². The molecule has 0 radical (unpaired) electrons. The highest BCUT2D eigenvalue weighted by Gasteiger charge is 2.15. The summed E-state index contributed by atoms with van der Waals surface area (Å²) in [5.41, 5.74) is 7.97.